The first-order chi connectivity index (χ1) is 7.83. The summed E-state index contributed by atoms with van der Waals surface area (Å²) in [5, 5.41) is 0. The van der Waals surface area contributed by atoms with Crippen LogP contribution in [-0.4, -0.2) is 9.97 Å². The van der Waals surface area contributed by atoms with Crippen molar-refractivity contribution in [2.24, 2.45) is 0 Å². The van der Waals surface area contributed by atoms with Crippen molar-refractivity contribution in [1.82, 2.24) is 9.97 Å². The molecular formula is C13H13BrN2. The van der Waals surface area contributed by atoms with Gasteiger partial charge in [0.2, 0.25) is 0 Å². The lowest BCUT2D eigenvalue weighted by molar-refractivity contribution is 0.590. The van der Waals surface area contributed by atoms with Gasteiger partial charge in [0.25, 0.3) is 0 Å². The molecule has 82 valence electrons. The number of nitrogens with one attached hydrogen (secondary N) is 1. The number of hydrogen-bond acceptors (Lipinski definition) is 1. The molecule has 0 saturated carbocycles. The zero-order chi connectivity index (χ0) is 11.0. The third-order valence-electron chi connectivity index (χ3n) is 3.12. The van der Waals surface area contributed by atoms with Crippen LogP contribution in [0.2, 0.25) is 0 Å². The predicted octanol–water partition coefficient (Wildman–Crippen LogP) is 4.15. The number of allylic oxidation sites excluding steroid dienone is 2. The summed E-state index contributed by atoms with van der Waals surface area (Å²) in [6, 6.07) is 6.18. The van der Waals surface area contributed by atoms with Crippen LogP contribution in [0.5, 0.6) is 0 Å². The first-order valence-electron chi connectivity index (χ1n) is 5.63. The monoisotopic (exact) mass is 276 g/mol. The van der Waals surface area contributed by atoms with Crippen LogP contribution in [0.3, 0.4) is 0 Å². The van der Waals surface area contributed by atoms with Crippen molar-refractivity contribution >= 4 is 27.0 Å². The minimum atomic E-state index is 0.566. The lowest BCUT2D eigenvalue weighted by atomic mass is 9.94. The van der Waals surface area contributed by atoms with E-state index in [-0.39, 0.29) is 0 Å². The van der Waals surface area contributed by atoms with Crippen molar-refractivity contribution in [3.8, 4) is 0 Å². The van der Waals surface area contributed by atoms with Crippen LogP contribution in [0.1, 0.15) is 31.0 Å². The number of benzene rings is 1. The fourth-order valence-corrected chi connectivity index (χ4v) is 2.60. The van der Waals surface area contributed by atoms with E-state index in [9.17, 15) is 0 Å². The largest absolute Gasteiger partial charge is 0.342 e. The summed E-state index contributed by atoms with van der Waals surface area (Å²) in [5.41, 5.74) is 2.19. The van der Waals surface area contributed by atoms with Crippen LogP contribution in [0, 0.1) is 0 Å². The third-order valence-corrected chi connectivity index (χ3v) is 3.61. The zero-order valence-electron chi connectivity index (χ0n) is 8.91. The van der Waals surface area contributed by atoms with Gasteiger partial charge in [0.05, 0.1) is 11.0 Å². The molecule has 0 spiro atoms. The maximum Gasteiger partial charge on any atom is 0.110 e. The van der Waals surface area contributed by atoms with Crippen molar-refractivity contribution < 1.29 is 0 Å². The summed E-state index contributed by atoms with van der Waals surface area (Å²) < 4.78 is 1.10. The number of aromatic amines is 1. The Bertz CT molecular complexity index is 542. The Kier molecular flexibility index (Phi) is 2.56. The summed E-state index contributed by atoms with van der Waals surface area (Å²) in [7, 11) is 0. The second-order valence-electron chi connectivity index (χ2n) is 4.26. The van der Waals surface area contributed by atoms with E-state index in [0.717, 1.165) is 27.8 Å². The second-order valence-corrected chi connectivity index (χ2v) is 5.18. The fraction of sp³-hybridized carbons (Fsp3) is 0.308. The number of H-pyrrole nitrogens is 1. The Labute approximate surface area is 103 Å². The molecule has 0 amide bonds. The normalized spacial score (nSPS) is 20.4. The Hall–Kier alpha value is -1.09. The van der Waals surface area contributed by atoms with Crippen molar-refractivity contribution in [2.45, 2.75) is 25.2 Å². The Morgan fingerprint density at radius 1 is 1.31 bits per heavy atom. The van der Waals surface area contributed by atoms with Crippen LogP contribution in [0.25, 0.3) is 11.0 Å². The van der Waals surface area contributed by atoms with Gasteiger partial charge in [0.15, 0.2) is 0 Å². The maximum atomic E-state index is 4.67. The van der Waals surface area contributed by atoms with Gasteiger partial charge in [-0.25, -0.2) is 4.98 Å². The van der Waals surface area contributed by atoms with Crippen LogP contribution >= 0.6 is 15.9 Å². The van der Waals surface area contributed by atoms with E-state index in [2.05, 4.69) is 50.2 Å². The lowest BCUT2D eigenvalue weighted by Crippen LogP contribution is -2.02. The van der Waals surface area contributed by atoms with E-state index in [1.165, 1.54) is 12.8 Å². The molecule has 2 nitrogen and oxygen atoms in total. The number of rotatable bonds is 1. The zero-order valence-corrected chi connectivity index (χ0v) is 10.5. The van der Waals surface area contributed by atoms with Crippen LogP contribution in [-0.2, 0) is 0 Å². The molecule has 3 heteroatoms. The second kappa shape index (κ2) is 4.06. The molecular weight excluding hydrogens is 264 g/mol. The molecule has 1 unspecified atom stereocenters. The number of hydrogen-bond donors (Lipinski definition) is 1. The van der Waals surface area contributed by atoms with E-state index in [0.29, 0.717) is 5.92 Å². The first kappa shape index (κ1) is 10.1. The molecule has 0 aliphatic heterocycles. The summed E-state index contributed by atoms with van der Waals surface area (Å²) in [6.07, 6.45) is 8.01. The van der Waals surface area contributed by atoms with Gasteiger partial charge in [-0.05, 0) is 37.5 Å². The van der Waals surface area contributed by atoms with E-state index >= 15 is 0 Å². The molecule has 3 rings (SSSR count). The highest BCUT2D eigenvalue weighted by molar-refractivity contribution is 9.10. The number of nitrogens with zero attached hydrogens (tertiary/aromatic N) is 1. The summed E-state index contributed by atoms with van der Waals surface area (Å²) in [4.78, 5) is 8.10. The van der Waals surface area contributed by atoms with Crippen LogP contribution in [0.15, 0.2) is 34.8 Å². The van der Waals surface area contributed by atoms with Gasteiger partial charge in [-0.3, -0.25) is 0 Å². The SMILES string of the molecule is Brc1ccc2nc(C3CC=CCC3)[nH]c2c1. The van der Waals surface area contributed by atoms with Crippen molar-refractivity contribution in [3.05, 3.63) is 40.6 Å². The lowest BCUT2D eigenvalue weighted by Gasteiger charge is -2.14. The van der Waals surface area contributed by atoms with Crippen LogP contribution < -0.4 is 0 Å². The third kappa shape index (κ3) is 1.80. The molecule has 0 radical (unpaired) electrons. The van der Waals surface area contributed by atoms with Gasteiger partial charge >= 0.3 is 0 Å². The number of aromatic nitrogens is 2. The predicted molar refractivity (Wildman–Crippen MR) is 69.5 cm³/mol. The van der Waals surface area contributed by atoms with Crippen molar-refractivity contribution in [2.75, 3.05) is 0 Å². The van der Waals surface area contributed by atoms with Crippen molar-refractivity contribution in [3.63, 3.8) is 0 Å². The minimum Gasteiger partial charge on any atom is -0.342 e. The maximum absolute atomic E-state index is 4.67. The first-order valence-corrected chi connectivity index (χ1v) is 6.42. The highest BCUT2D eigenvalue weighted by atomic mass is 79.9. The molecule has 0 fully saturated rings. The smallest absolute Gasteiger partial charge is 0.110 e. The summed E-state index contributed by atoms with van der Waals surface area (Å²) in [6.45, 7) is 0. The summed E-state index contributed by atoms with van der Waals surface area (Å²) >= 11 is 3.48. The van der Waals surface area contributed by atoms with Gasteiger partial charge in [0.1, 0.15) is 5.82 Å². The number of halogens is 1. The van der Waals surface area contributed by atoms with Gasteiger partial charge < -0.3 is 4.98 Å². The van der Waals surface area contributed by atoms with Crippen LogP contribution in [0.4, 0.5) is 0 Å². The van der Waals surface area contributed by atoms with Crippen molar-refractivity contribution in [1.29, 1.82) is 0 Å². The van der Waals surface area contributed by atoms with E-state index in [4.69, 9.17) is 0 Å². The molecule has 0 bridgehead atoms. The molecule has 1 aromatic heterocycles. The Morgan fingerprint density at radius 3 is 3.06 bits per heavy atom. The molecule has 1 N–H and O–H groups in total. The van der Waals surface area contributed by atoms with Gasteiger partial charge in [-0.15, -0.1) is 0 Å². The number of fused-ring (bicyclic) bond motifs is 1. The molecule has 2 aromatic rings. The Morgan fingerprint density at radius 2 is 2.25 bits per heavy atom. The van der Waals surface area contributed by atoms with E-state index < -0.39 is 0 Å². The molecule has 1 heterocycles. The molecule has 16 heavy (non-hydrogen) atoms. The quantitative estimate of drug-likeness (QED) is 0.779. The Balaban J connectivity index is 2.01. The number of imidazole rings is 1. The summed E-state index contributed by atoms with van der Waals surface area (Å²) in [5.74, 6) is 1.70. The molecule has 0 saturated heterocycles. The molecule has 1 aromatic carbocycles. The highest BCUT2D eigenvalue weighted by Crippen LogP contribution is 2.29. The van der Waals surface area contributed by atoms with E-state index in [1.807, 2.05) is 6.07 Å². The van der Waals surface area contributed by atoms with Gasteiger partial charge in [0, 0.05) is 10.4 Å². The highest BCUT2D eigenvalue weighted by Gasteiger charge is 2.16. The standard InChI is InChI=1S/C13H13BrN2/c14-10-6-7-11-12(8-10)16-13(15-11)9-4-2-1-3-5-9/h1-2,6-9H,3-5H2,(H,15,16). The molecule has 1 aliphatic carbocycles. The van der Waals surface area contributed by atoms with Gasteiger partial charge in [-0.2, -0.15) is 0 Å². The average molecular weight is 277 g/mol. The molecule has 1 aliphatic rings. The van der Waals surface area contributed by atoms with Gasteiger partial charge in [-0.1, -0.05) is 28.1 Å². The molecule has 1 atom stereocenters. The fourth-order valence-electron chi connectivity index (χ4n) is 2.24. The minimum absolute atomic E-state index is 0.566. The topological polar surface area (TPSA) is 28.7 Å². The average Bonchev–Trinajstić information content (AvgIpc) is 2.73. The van der Waals surface area contributed by atoms with E-state index in [1.54, 1.807) is 0 Å².